The first-order valence-electron chi connectivity index (χ1n) is 5.78. The Morgan fingerprint density at radius 3 is 3.30 bits per heavy atom. The Morgan fingerprint density at radius 1 is 1.60 bits per heavy atom. The van der Waals surface area contributed by atoms with Gasteiger partial charge in [-0.2, -0.15) is 0 Å². The number of nitrogens with one attached hydrogen (secondary N) is 2. The summed E-state index contributed by atoms with van der Waals surface area (Å²) in [5, 5.41) is 5.04. The van der Waals surface area contributed by atoms with Crippen LogP contribution in [-0.4, -0.2) is 25.3 Å². The summed E-state index contributed by atoms with van der Waals surface area (Å²) in [6.07, 6.45) is 8.17. The van der Waals surface area contributed by atoms with Crippen molar-refractivity contribution in [2.75, 3.05) is 0 Å². The SMILES string of the molecule is O=C(C=Cc1c(Cl)nc2sccn12)NCc1cnc[nH]1. The molecule has 0 bridgehead atoms. The molecule has 3 heterocycles. The molecule has 0 unspecified atom stereocenters. The Morgan fingerprint density at radius 2 is 2.50 bits per heavy atom. The molecule has 0 saturated heterocycles. The number of halogens is 1. The molecular formula is C12H10ClN5OS. The summed E-state index contributed by atoms with van der Waals surface area (Å²) < 4.78 is 1.84. The number of aromatic nitrogens is 4. The van der Waals surface area contributed by atoms with E-state index in [1.807, 2.05) is 16.0 Å². The van der Waals surface area contributed by atoms with Crippen molar-refractivity contribution >= 4 is 39.9 Å². The Balaban J connectivity index is 1.68. The maximum atomic E-state index is 11.7. The molecule has 3 rings (SSSR count). The fourth-order valence-electron chi connectivity index (χ4n) is 1.70. The molecule has 0 aliphatic carbocycles. The zero-order valence-corrected chi connectivity index (χ0v) is 11.8. The van der Waals surface area contributed by atoms with Crippen LogP contribution < -0.4 is 5.32 Å². The van der Waals surface area contributed by atoms with E-state index >= 15 is 0 Å². The van der Waals surface area contributed by atoms with Gasteiger partial charge >= 0.3 is 0 Å². The third-order valence-electron chi connectivity index (χ3n) is 2.65. The lowest BCUT2D eigenvalue weighted by Gasteiger charge is -1.98. The number of carbonyl (C=O) groups is 1. The molecule has 102 valence electrons. The highest BCUT2D eigenvalue weighted by Crippen LogP contribution is 2.22. The summed E-state index contributed by atoms with van der Waals surface area (Å²) in [7, 11) is 0. The highest BCUT2D eigenvalue weighted by atomic mass is 35.5. The quantitative estimate of drug-likeness (QED) is 0.725. The van der Waals surface area contributed by atoms with Crippen LogP contribution in [0.1, 0.15) is 11.4 Å². The Hall–Kier alpha value is -2.12. The largest absolute Gasteiger partial charge is 0.347 e. The van der Waals surface area contributed by atoms with Crippen LogP contribution in [-0.2, 0) is 11.3 Å². The van der Waals surface area contributed by atoms with Crippen LogP contribution in [0, 0.1) is 0 Å². The van der Waals surface area contributed by atoms with Gasteiger partial charge in [0.05, 0.1) is 24.3 Å². The number of nitrogens with zero attached hydrogens (tertiary/aromatic N) is 3. The Kier molecular flexibility index (Phi) is 3.53. The van der Waals surface area contributed by atoms with Crippen LogP contribution >= 0.6 is 22.9 Å². The van der Waals surface area contributed by atoms with Gasteiger partial charge in [0.25, 0.3) is 0 Å². The molecule has 8 heteroatoms. The first kappa shape index (κ1) is 12.9. The van der Waals surface area contributed by atoms with Gasteiger partial charge in [-0.3, -0.25) is 9.20 Å². The van der Waals surface area contributed by atoms with Crippen LogP contribution in [0.25, 0.3) is 11.0 Å². The van der Waals surface area contributed by atoms with Crippen LogP contribution in [0.5, 0.6) is 0 Å². The zero-order valence-electron chi connectivity index (χ0n) is 10.2. The first-order chi connectivity index (χ1) is 9.74. The minimum Gasteiger partial charge on any atom is -0.347 e. The van der Waals surface area contributed by atoms with E-state index in [-0.39, 0.29) is 5.91 Å². The number of rotatable bonds is 4. The topological polar surface area (TPSA) is 75.1 Å². The number of carbonyl (C=O) groups excluding carboxylic acids is 1. The fourth-order valence-corrected chi connectivity index (χ4v) is 2.71. The minimum absolute atomic E-state index is 0.208. The second-order valence-corrected chi connectivity index (χ2v) is 5.20. The third-order valence-corrected chi connectivity index (χ3v) is 3.69. The minimum atomic E-state index is -0.208. The smallest absolute Gasteiger partial charge is 0.244 e. The van der Waals surface area contributed by atoms with Gasteiger partial charge in [0.1, 0.15) is 0 Å². The van der Waals surface area contributed by atoms with Crippen molar-refractivity contribution < 1.29 is 4.79 Å². The molecule has 0 fully saturated rings. The lowest BCUT2D eigenvalue weighted by atomic mass is 10.3. The van der Waals surface area contributed by atoms with Crippen LogP contribution in [0.2, 0.25) is 5.15 Å². The van der Waals surface area contributed by atoms with E-state index in [1.165, 1.54) is 17.4 Å². The first-order valence-corrected chi connectivity index (χ1v) is 7.04. The monoisotopic (exact) mass is 307 g/mol. The highest BCUT2D eigenvalue weighted by molar-refractivity contribution is 7.15. The van der Waals surface area contributed by atoms with E-state index in [0.717, 1.165) is 10.7 Å². The summed E-state index contributed by atoms with van der Waals surface area (Å²) in [4.78, 5) is 23.5. The predicted molar refractivity (Wildman–Crippen MR) is 77.5 cm³/mol. The van der Waals surface area contributed by atoms with Crippen molar-refractivity contribution in [3.8, 4) is 0 Å². The van der Waals surface area contributed by atoms with E-state index in [2.05, 4.69) is 20.3 Å². The number of fused-ring (bicyclic) bond motifs is 1. The second-order valence-electron chi connectivity index (χ2n) is 3.97. The number of aromatic amines is 1. The molecule has 20 heavy (non-hydrogen) atoms. The van der Waals surface area contributed by atoms with E-state index in [0.29, 0.717) is 17.4 Å². The average Bonchev–Trinajstić information content (AvgIpc) is 3.11. The van der Waals surface area contributed by atoms with Crippen LogP contribution in [0.15, 0.2) is 30.2 Å². The molecule has 6 nitrogen and oxygen atoms in total. The van der Waals surface area contributed by atoms with Crippen molar-refractivity contribution in [2.45, 2.75) is 6.54 Å². The number of H-pyrrole nitrogens is 1. The molecule has 0 aliphatic rings. The maximum absolute atomic E-state index is 11.7. The van der Waals surface area contributed by atoms with Crippen molar-refractivity contribution in [1.82, 2.24) is 24.7 Å². The Labute approximate surface area is 123 Å². The summed E-state index contributed by atoms with van der Waals surface area (Å²) in [6, 6.07) is 0. The number of hydrogen-bond donors (Lipinski definition) is 2. The van der Waals surface area contributed by atoms with Gasteiger partial charge in [0, 0.05) is 23.8 Å². The molecule has 0 spiro atoms. The molecule has 0 atom stereocenters. The molecule has 2 N–H and O–H groups in total. The molecule has 3 aromatic rings. The predicted octanol–water partition coefficient (Wildman–Crippen LogP) is 2.10. The van der Waals surface area contributed by atoms with E-state index in [1.54, 1.807) is 18.6 Å². The molecule has 1 amide bonds. The number of hydrogen-bond acceptors (Lipinski definition) is 4. The fraction of sp³-hybridized carbons (Fsp3) is 0.0833. The van der Waals surface area contributed by atoms with E-state index < -0.39 is 0 Å². The third kappa shape index (κ3) is 2.59. The highest BCUT2D eigenvalue weighted by Gasteiger charge is 2.08. The lowest BCUT2D eigenvalue weighted by Crippen LogP contribution is -2.20. The molecule has 0 saturated carbocycles. The average molecular weight is 308 g/mol. The van der Waals surface area contributed by atoms with Crippen molar-refractivity contribution in [1.29, 1.82) is 0 Å². The molecule has 0 aliphatic heterocycles. The van der Waals surface area contributed by atoms with Gasteiger partial charge in [0.15, 0.2) is 10.1 Å². The number of thiazole rings is 1. The molecule has 0 aromatic carbocycles. The van der Waals surface area contributed by atoms with Gasteiger partial charge in [-0.25, -0.2) is 9.97 Å². The lowest BCUT2D eigenvalue weighted by molar-refractivity contribution is -0.116. The Bertz CT molecular complexity index is 758. The standard InChI is InChI=1S/C12H10ClN5OS/c13-11-9(18-3-4-20-12(18)17-11)1-2-10(19)15-6-8-5-14-7-16-8/h1-5,7H,6H2,(H,14,16)(H,15,19). The van der Waals surface area contributed by atoms with Gasteiger partial charge < -0.3 is 10.3 Å². The zero-order chi connectivity index (χ0) is 13.9. The van der Waals surface area contributed by atoms with Gasteiger partial charge in [-0.15, -0.1) is 11.3 Å². The number of amides is 1. The van der Waals surface area contributed by atoms with Gasteiger partial charge in [0.2, 0.25) is 5.91 Å². The molecular weight excluding hydrogens is 298 g/mol. The molecule has 3 aromatic heterocycles. The van der Waals surface area contributed by atoms with Crippen molar-refractivity contribution in [3.63, 3.8) is 0 Å². The van der Waals surface area contributed by atoms with Crippen LogP contribution in [0.3, 0.4) is 0 Å². The summed E-state index contributed by atoms with van der Waals surface area (Å²) >= 11 is 7.52. The van der Waals surface area contributed by atoms with E-state index in [4.69, 9.17) is 11.6 Å². The normalized spacial score (nSPS) is 11.4. The van der Waals surface area contributed by atoms with Crippen molar-refractivity contribution in [2.24, 2.45) is 0 Å². The number of imidazole rings is 2. The second kappa shape index (κ2) is 5.48. The summed E-state index contributed by atoms with van der Waals surface area (Å²) in [6.45, 7) is 0.400. The van der Waals surface area contributed by atoms with Gasteiger partial charge in [-0.1, -0.05) is 11.6 Å². The summed E-state index contributed by atoms with van der Waals surface area (Å²) in [5.41, 5.74) is 1.54. The molecule has 0 radical (unpaired) electrons. The van der Waals surface area contributed by atoms with Crippen LogP contribution in [0.4, 0.5) is 0 Å². The maximum Gasteiger partial charge on any atom is 0.244 e. The summed E-state index contributed by atoms with van der Waals surface area (Å²) in [5.74, 6) is -0.208. The van der Waals surface area contributed by atoms with E-state index in [9.17, 15) is 4.79 Å². The van der Waals surface area contributed by atoms with Crippen molar-refractivity contribution in [3.05, 3.63) is 46.7 Å². The van der Waals surface area contributed by atoms with Gasteiger partial charge in [-0.05, 0) is 6.08 Å².